The zero-order valence-electron chi connectivity index (χ0n) is 10.7. The topological polar surface area (TPSA) is 29.5 Å². The van der Waals surface area contributed by atoms with Crippen molar-refractivity contribution in [2.75, 3.05) is 6.61 Å². The number of aliphatic hydroxyl groups is 1. The number of rotatable bonds is 6. The monoisotopic (exact) mass is 300 g/mol. The Morgan fingerprint density at radius 1 is 1.35 bits per heavy atom. The van der Waals surface area contributed by atoms with Gasteiger partial charge in [-0.1, -0.05) is 42.3 Å². The van der Waals surface area contributed by atoms with Gasteiger partial charge in [-0.05, 0) is 37.0 Å². The van der Waals surface area contributed by atoms with Crippen LogP contribution in [-0.2, 0) is 0 Å². The third-order valence-corrected chi connectivity index (χ3v) is 3.65. The maximum Gasteiger partial charge on any atom is 0.120 e. The molecule has 1 N–H and O–H groups in total. The molecule has 0 bridgehead atoms. The lowest BCUT2D eigenvalue weighted by molar-refractivity contribution is 0.145. The summed E-state index contributed by atoms with van der Waals surface area (Å²) in [4.78, 5) is 0. The van der Waals surface area contributed by atoms with Crippen molar-refractivity contribution < 1.29 is 9.84 Å². The highest BCUT2D eigenvalue weighted by Gasteiger charge is 2.14. The fourth-order valence-corrected chi connectivity index (χ4v) is 2.33. The molecule has 1 aromatic carbocycles. The van der Waals surface area contributed by atoms with Gasteiger partial charge in [0.2, 0.25) is 0 Å². The van der Waals surface area contributed by atoms with Gasteiger partial charge in [0, 0.05) is 4.47 Å². The quantitative estimate of drug-likeness (QED) is 0.848. The van der Waals surface area contributed by atoms with Gasteiger partial charge in [0.1, 0.15) is 5.75 Å². The second-order valence-corrected chi connectivity index (χ2v) is 5.24. The minimum atomic E-state index is -0.407. The lowest BCUT2D eigenvalue weighted by Crippen LogP contribution is -2.04. The Labute approximate surface area is 112 Å². The summed E-state index contributed by atoms with van der Waals surface area (Å²) in [6.07, 6.45) is 1.48. The Bertz CT molecular complexity index is 352. The van der Waals surface area contributed by atoms with Crippen LogP contribution >= 0.6 is 15.9 Å². The first kappa shape index (κ1) is 14.5. The lowest BCUT2D eigenvalue weighted by atomic mass is 9.96. The van der Waals surface area contributed by atoms with E-state index in [1.807, 2.05) is 25.1 Å². The molecule has 0 spiro atoms. The molecule has 0 heterocycles. The number of benzene rings is 1. The largest absolute Gasteiger partial charge is 0.494 e. The van der Waals surface area contributed by atoms with Gasteiger partial charge in [-0.3, -0.25) is 0 Å². The van der Waals surface area contributed by atoms with Gasteiger partial charge in [0.15, 0.2) is 0 Å². The molecule has 3 heteroatoms. The summed E-state index contributed by atoms with van der Waals surface area (Å²) < 4.78 is 6.33. The molecule has 96 valence electrons. The lowest BCUT2D eigenvalue weighted by Gasteiger charge is -2.17. The van der Waals surface area contributed by atoms with Crippen molar-refractivity contribution in [2.45, 2.75) is 39.7 Å². The maximum atomic E-state index is 10.2. The van der Waals surface area contributed by atoms with Crippen molar-refractivity contribution in [1.29, 1.82) is 0 Å². The van der Waals surface area contributed by atoms with E-state index in [0.29, 0.717) is 12.5 Å². The van der Waals surface area contributed by atoms with Crippen LogP contribution in [0.1, 0.15) is 45.3 Å². The van der Waals surface area contributed by atoms with E-state index >= 15 is 0 Å². The van der Waals surface area contributed by atoms with E-state index in [9.17, 15) is 5.11 Å². The molecule has 0 saturated heterocycles. The molecule has 0 radical (unpaired) electrons. The van der Waals surface area contributed by atoms with Crippen LogP contribution in [-0.4, -0.2) is 11.7 Å². The average molecular weight is 301 g/mol. The average Bonchev–Trinajstić information content (AvgIpc) is 2.29. The Balaban J connectivity index is 2.77. The molecule has 2 nitrogen and oxygen atoms in total. The van der Waals surface area contributed by atoms with E-state index in [2.05, 4.69) is 29.8 Å². The Morgan fingerprint density at radius 3 is 2.59 bits per heavy atom. The normalized spacial score (nSPS) is 14.4. The van der Waals surface area contributed by atoms with Crippen molar-refractivity contribution >= 4 is 15.9 Å². The summed E-state index contributed by atoms with van der Waals surface area (Å²) >= 11 is 3.49. The third-order valence-electron chi connectivity index (χ3n) is 2.96. The molecular weight excluding hydrogens is 280 g/mol. The van der Waals surface area contributed by atoms with E-state index in [1.165, 1.54) is 0 Å². The molecule has 0 fully saturated rings. The van der Waals surface area contributed by atoms with Crippen LogP contribution in [0.25, 0.3) is 0 Å². The van der Waals surface area contributed by atoms with Crippen LogP contribution in [0.5, 0.6) is 5.75 Å². The van der Waals surface area contributed by atoms with E-state index in [4.69, 9.17) is 4.74 Å². The Kier molecular flexibility index (Phi) is 6.00. The first-order chi connectivity index (χ1) is 8.08. The zero-order valence-corrected chi connectivity index (χ0v) is 12.3. The highest BCUT2D eigenvalue weighted by molar-refractivity contribution is 9.10. The van der Waals surface area contributed by atoms with Crippen LogP contribution in [0.2, 0.25) is 0 Å². The van der Waals surface area contributed by atoms with Crippen LogP contribution in [0, 0.1) is 5.92 Å². The van der Waals surface area contributed by atoms with Crippen LogP contribution < -0.4 is 4.74 Å². The summed E-state index contributed by atoms with van der Waals surface area (Å²) in [5.74, 6) is 1.36. The molecule has 0 aliphatic carbocycles. The predicted molar refractivity (Wildman–Crippen MR) is 74.3 cm³/mol. The predicted octanol–water partition coefficient (Wildman–Crippen LogP) is 4.32. The second kappa shape index (κ2) is 7.02. The summed E-state index contributed by atoms with van der Waals surface area (Å²) in [5.41, 5.74) is 0.939. The molecule has 0 amide bonds. The highest BCUT2D eigenvalue weighted by Crippen LogP contribution is 2.31. The minimum Gasteiger partial charge on any atom is -0.494 e. The fraction of sp³-hybridized carbons (Fsp3) is 0.571. The van der Waals surface area contributed by atoms with Crippen molar-refractivity contribution in [3.05, 3.63) is 28.2 Å². The molecule has 2 atom stereocenters. The van der Waals surface area contributed by atoms with Crippen molar-refractivity contribution in [3.63, 3.8) is 0 Å². The third kappa shape index (κ3) is 4.32. The van der Waals surface area contributed by atoms with E-state index in [-0.39, 0.29) is 0 Å². The number of ether oxygens (including phenoxy) is 1. The van der Waals surface area contributed by atoms with Crippen LogP contribution in [0.3, 0.4) is 0 Å². The standard InChI is InChI=1S/C14H21BrO2/c1-4-10(3)8-14(16)12-7-6-11(17-5-2)9-13(12)15/h6-7,9-10,14,16H,4-5,8H2,1-3H3. The molecule has 0 aromatic heterocycles. The van der Waals surface area contributed by atoms with Crippen molar-refractivity contribution in [3.8, 4) is 5.75 Å². The van der Waals surface area contributed by atoms with E-state index in [0.717, 1.165) is 28.6 Å². The summed E-state index contributed by atoms with van der Waals surface area (Å²) in [6, 6.07) is 5.75. The second-order valence-electron chi connectivity index (χ2n) is 4.38. The molecule has 1 rings (SSSR count). The number of halogens is 1. The highest BCUT2D eigenvalue weighted by atomic mass is 79.9. The molecule has 2 unspecified atom stereocenters. The van der Waals surface area contributed by atoms with Crippen LogP contribution in [0.15, 0.2) is 22.7 Å². The maximum absolute atomic E-state index is 10.2. The summed E-state index contributed by atoms with van der Waals surface area (Å²) in [6.45, 7) is 6.91. The first-order valence-corrected chi connectivity index (χ1v) is 6.98. The van der Waals surface area contributed by atoms with E-state index in [1.54, 1.807) is 0 Å². The number of hydrogen-bond acceptors (Lipinski definition) is 2. The van der Waals surface area contributed by atoms with Crippen molar-refractivity contribution in [2.24, 2.45) is 5.92 Å². The van der Waals surface area contributed by atoms with Gasteiger partial charge < -0.3 is 9.84 Å². The molecule has 17 heavy (non-hydrogen) atoms. The van der Waals surface area contributed by atoms with Gasteiger partial charge >= 0.3 is 0 Å². The molecule has 0 aliphatic heterocycles. The van der Waals surface area contributed by atoms with E-state index < -0.39 is 6.10 Å². The molecular formula is C14H21BrO2. The number of hydrogen-bond donors (Lipinski definition) is 1. The summed E-state index contributed by atoms with van der Waals surface area (Å²) in [7, 11) is 0. The van der Waals surface area contributed by atoms with Crippen molar-refractivity contribution in [1.82, 2.24) is 0 Å². The SMILES string of the molecule is CCOc1ccc(C(O)CC(C)CC)c(Br)c1. The Hall–Kier alpha value is -0.540. The smallest absolute Gasteiger partial charge is 0.120 e. The summed E-state index contributed by atoms with van der Waals surface area (Å²) in [5, 5.41) is 10.2. The fourth-order valence-electron chi connectivity index (χ4n) is 1.71. The molecule has 0 aliphatic rings. The van der Waals surface area contributed by atoms with Gasteiger partial charge in [-0.25, -0.2) is 0 Å². The zero-order chi connectivity index (χ0) is 12.8. The molecule has 0 saturated carbocycles. The Morgan fingerprint density at radius 2 is 2.06 bits per heavy atom. The van der Waals surface area contributed by atoms with Crippen LogP contribution in [0.4, 0.5) is 0 Å². The van der Waals surface area contributed by atoms with Gasteiger partial charge in [-0.15, -0.1) is 0 Å². The van der Waals surface area contributed by atoms with Gasteiger partial charge in [-0.2, -0.15) is 0 Å². The van der Waals surface area contributed by atoms with Gasteiger partial charge in [0.25, 0.3) is 0 Å². The first-order valence-electron chi connectivity index (χ1n) is 6.18. The molecule has 1 aromatic rings. The number of aliphatic hydroxyl groups excluding tert-OH is 1. The minimum absolute atomic E-state index is 0.407. The van der Waals surface area contributed by atoms with Gasteiger partial charge in [0.05, 0.1) is 12.7 Å².